The van der Waals surface area contributed by atoms with E-state index in [0.29, 0.717) is 6.61 Å². The van der Waals surface area contributed by atoms with Crippen LogP contribution in [0.1, 0.15) is 6.92 Å². The summed E-state index contributed by atoms with van der Waals surface area (Å²) in [5.41, 5.74) is 0. The van der Waals surface area contributed by atoms with Gasteiger partial charge in [-0.05, 0) is 59.3 Å². The Morgan fingerprint density at radius 2 is 1.29 bits per heavy atom. The average molecular weight is 295 g/mol. The van der Waals surface area contributed by atoms with Gasteiger partial charge in [-0.15, -0.1) is 0 Å². The number of rotatable bonds is 7. The summed E-state index contributed by atoms with van der Waals surface area (Å²) in [6, 6.07) is 0. The van der Waals surface area contributed by atoms with Gasteiger partial charge in [-0.25, -0.2) is 0 Å². The van der Waals surface area contributed by atoms with E-state index in [4.69, 9.17) is 13.0 Å². The first kappa shape index (κ1) is 17.5. The maximum atomic E-state index is 6.14. The molecule has 0 aliphatic heterocycles. The van der Waals surface area contributed by atoms with E-state index in [1.54, 1.807) is 0 Å². The van der Waals surface area contributed by atoms with Crippen molar-refractivity contribution in [1.29, 1.82) is 0 Å². The molecular formula is C11H30O3Si3. The molecule has 0 rings (SSSR count). The highest BCUT2D eigenvalue weighted by Crippen LogP contribution is 2.17. The van der Waals surface area contributed by atoms with Crippen molar-refractivity contribution in [3.05, 3.63) is 0 Å². The third kappa shape index (κ3) is 11.4. The second-order valence-electron chi connectivity index (χ2n) is 6.97. The van der Waals surface area contributed by atoms with Gasteiger partial charge < -0.3 is 13.0 Å². The Bertz CT molecular complexity index is 231. The van der Waals surface area contributed by atoms with Gasteiger partial charge in [0, 0.05) is 0 Å². The fourth-order valence-corrected chi connectivity index (χ4v) is 9.51. The van der Waals surface area contributed by atoms with E-state index in [1.165, 1.54) is 0 Å². The lowest BCUT2D eigenvalue weighted by molar-refractivity contribution is 0.110. The maximum Gasteiger partial charge on any atom is 0.321 e. The van der Waals surface area contributed by atoms with Crippen molar-refractivity contribution in [3.63, 3.8) is 0 Å². The van der Waals surface area contributed by atoms with Gasteiger partial charge in [0.15, 0.2) is 16.6 Å². The molecular weight excluding hydrogens is 264 g/mol. The predicted molar refractivity (Wildman–Crippen MR) is 81.8 cm³/mol. The van der Waals surface area contributed by atoms with Crippen molar-refractivity contribution < 1.29 is 13.0 Å². The molecule has 6 heteroatoms. The highest BCUT2D eigenvalue weighted by atomic mass is 28.4. The molecule has 0 spiro atoms. The molecule has 1 unspecified atom stereocenters. The first-order valence-electron chi connectivity index (χ1n) is 6.33. The van der Waals surface area contributed by atoms with Crippen molar-refractivity contribution in [1.82, 2.24) is 0 Å². The minimum Gasteiger partial charge on any atom is -0.436 e. The third-order valence-corrected chi connectivity index (χ3v) is 8.21. The summed E-state index contributed by atoms with van der Waals surface area (Å²) in [5.74, 6) is 0. The zero-order chi connectivity index (χ0) is 13.9. The van der Waals surface area contributed by atoms with Crippen LogP contribution in [-0.4, -0.2) is 37.9 Å². The fraction of sp³-hybridized carbons (Fsp3) is 1.00. The van der Waals surface area contributed by atoms with Gasteiger partial charge in [0.25, 0.3) is 0 Å². The van der Waals surface area contributed by atoms with E-state index < -0.39 is 25.2 Å². The van der Waals surface area contributed by atoms with Gasteiger partial charge in [0.1, 0.15) is 0 Å². The zero-order valence-corrected chi connectivity index (χ0v) is 16.0. The largest absolute Gasteiger partial charge is 0.436 e. The van der Waals surface area contributed by atoms with Crippen LogP contribution in [-0.2, 0) is 13.0 Å². The predicted octanol–water partition coefficient (Wildman–Crippen LogP) is 3.80. The maximum absolute atomic E-state index is 6.14. The molecule has 3 nitrogen and oxygen atoms in total. The molecule has 0 saturated carbocycles. The van der Waals surface area contributed by atoms with Crippen LogP contribution < -0.4 is 0 Å². The first-order valence-corrected chi connectivity index (χ1v) is 16.0. The summed E-state index contributed by atoms with van der Waals surface area (Å²) >= 11 is 0. The van der Waals surface area contributed by atoms with Crippen LogP contribution in [0.3, 0.4) is 0 Å². The molecule has 0 saturated heterocycles. The summed E-state index contributed by atoms with van der Waals surface area (Å²) in [7, 11) is -4.95. The number of hydrogen-bond donors (Lipinski definition) is 0. The van der Waals surface area contributed by atoms with Gasteiger partial charge in [0.05, 0.1) is 12.7 Å². The van der Waals surface area contributed by atoms with E-state index >= 15 is 0 Å². The number of hydrogen-bond acceptors (Lipinski definition) is 3. The van der Waals surface area contributed by atoms with Gasteiger partial charge in [-0.3, -0.25) is 0 Å². The zero-order valence-electron chi connectivity index (χ0n) is 13.0. The SMILES string of the molecule is CC(CO[Si](C)(C)C)O[Si](C)(C)O[Si](C)(C)C. The summed E-state index contributed by atoms with van der Waals surface area (Å²) < 4.78 is 18.1. The van der Waals surface area contributed by atoms with Gasteiger partial charge in [-0.1, -0.05) is 0 Å². The summed E-state index contributed by atoms with van der Waals surface area (Å²) in [5, 5.41) is 0. The van der Waals surface area contributed by atoms with Gasteiger partial charge in [0.2, 0.25) is 0 Å². The highest BCUT2D eigenvalue weighted by molar-refractivity contribution is 6.81. The van der Waals surface area contributed by atoms with Crippen LogP contribution in [0.15, 0.2) is 0 Å². The molecule has 0 radical (unpaired) electrons. The van der Waals surface area contributed by atoms with E-state index in [9.17, 15) is 0 Å². The molecule has 0 aromatic heterocycles. The second-order valence-corrected chi connectivity index (χ2v) is 19.6. The van der Waals surface area contributed by atoms with E-state index in [0.717, 1.165) is 0 Å². The summed E-state index contributed by atoms with van der Waals surface area (Å²) in [4.78, 5) is 0. The average Bonchev–Trinajstić information content (AvgIpc) is 1.93. The Morgan fingerprint density at radius 1 is 0.824 bits per heavy atom. The molecule has 0 aliphatic rings. The van der Waals surface area contributed by atoms with E-state index in [-0.39, 0.29) is 6.10 Å². The molecule has 0 aliphatic carbocycles. The van der Waals surface area contributed by atoms with E-state index in [2.05, 4.69) is 59.3 Å². The molecule has 0 amide bonds. The summed E-state index contributed by atoms with van der Waals surface area (Å²) in [6.45, 7) is 20.2. The van der Waals surface area contributed by atoms with Crippen LogP contribution in [0.2, 0.25) is 52.4 Å². The molecule has 0 aromatic rings. The lowest BCUT2D eigenvalue weighted by atomic mass is 10.5. The Balaban J connectivity index is 4.14. The van der Waals surface area contributed by atoms with Crippen molar-refractivity contribution >= 4 is 25.2 Å². The monoisotopic (exact) mass is 294 g/mol. The standard InChI is InChI=1S/C11H30O3Si3/c1-11(10-12-15(2,3)4)13-17(8,9)14-16(5,6)7/h11H,10H2,1-9H3. The van der Waals surface area contributed by atoms with Crippen molar-refractivity contribution in [2.45, 2.75) is 65.4 Å². The smallest absolute Gasteiger partial charge is 0.321 e. The molecule has 104 valence electrons. The molecule has 0 fully saturated rings. The molecule has 1 atom stereocenters. The first-order chi connectivity index (χ1) is 7.31. The molecule has 0 bridgehead atoms. The minimum atomic E-state index is -2.00. The molecule has 17 heavy (non-hydrogen) atoms. The molecule has 0 heterocycles. The topological polar surface area (TPSA) is 27.7 Å². The third-order valence-electron chi connectivity index (χ3n) is 1.79. The quantitative estimate of drug-likeness (QED) is 0.669. The van der Waals surface area contributed by atoms with Crippen LogP contribution in [0.4, 0.5) is 0 Å². The van der Waals surface area contributed by atoms with Gasteiger partial charge >= 0.3 is 8.56 Å². The van der Waals surface area contributed by atoms with Crippen LogP contribution in [0.5, 0.6) is 0 Å². The Hall–Kier alpha value is 0.531. The van der Waals surface area contributed by atoms with Crippen LogP contribution >= 0.6 is 0 Å². The summed E-state index contributed by atoms with van der Waals surface area (Å²) in [6.07, 6.45) is 0.125. The lowest BCUT2D eigenvalue weighted by Crippen LogP contribution is -2.47. The van der Waals surface area contributed by atoms with Crippen LogP contribution in [0.25, 0.3) is 0 Å². The second kappa shape index (κ2) is 6.12. The highest BCUT2D eigenvalue weighted by Gasteiger charge is 2.33. The van der Waals surface area contributed by atoms with Crippen LogP contribution in [0, 0.1) is 0 Å². The van der Waals surface area contributed by atoms with Gasteiger partial charge in [-0.2, -0.15) is 0 Å². The minimum absolute atomic E-state index is 0.125. The van der Waals surface area contributed by atoms with Crippen molar-refractivity contribution in [2.24, 2.45) is 0 Å². The Labute approximate surface area is 110 Å². The van der Waals surface area contributed by atoms with Crippen molar-refractivity contribution in [2.75, 3.05) is 6.61 Å². The molecule has 0 N–H and O–H groups in total. The fourth-order valence-electron chi connectivity index (χ4n) is 1.65. The lowest BCUT2D eigenvalue weighted by Gasteiger charge is -2.33. The van der Waals surface area contributed by atoms with Crippen molar-refractivity contribution in [3.8, 4) is 0 Å². The normalized spacial score (nSPS) is 16.1. The van der Waals surface area contributed by atoms with E-state index in [1.807, 2.05) is 0 Å². The Kier molecular flexibility index (Phi) is 6.31. The molecule has 0 aromatic carbocycles. The Morgan fingerprint density at radius 3 is 1.65 bits per heavy atom.